The molecule has 8 nitrogen and oxygen atoms in total. The zero-order valence-electron chi connectivity index (χ0n) is 18.8. The van der Waals surface area contributed by atoms with Crippen LogP contribution in [-0.2, 0) is 16.2 Å². The summed E-state index contributed by atoms with van der Waals surface area (Å²) in [6.07, 6.45) is 0. The Balaban J connectivity index is 1.56. The molecular formula is C24H29N5O3. The van der Waals surface area contributed by atoms with Gasteiger partial charge in [-0.2, -0.15) is 5.10 Å². The third kappa shape index (κ3) is 5.87. The first kappa shape index (κ1) is 22.9. The van der Waals surface area contributed by atoms with E-state index in [1.54, 1.807) is 7.11 Å². The van der Waals surface area contributed by atoms with Crippen molar-refractivity contribution in [3.63, 3.8) is 0 Å². The Morgan fingerprint density at radius 2 is 1.97 bits per heavy atom. The van der Waals surface area contributed by atoms with Crippen LogP contribution in [0.25, 0.3) is 0 Å². The smallest absolute Gasteiger partial charge is 0.261 e. The number of carbonyl (C=O) groups excluding carboxylic acids is 1. The molecular weight excluding hydrogens is 406 g/mol. The maximum atomic E-state index is 12.2. The number of benzene rings is 2. The predicted molar refractivity (Wildman–Crippen MR) is 123 cm³/mol. The summed E-state index contributed by atoms with van der Waals surface area (Å²) < 4.78 is 7.27. The zero-order chi connectivity index (χ0) is 23.1. The number of hydrogen-bond acceptors (Lipinski definition) is 5. The number of aryl methyl sites for hydroxylation is 2. The van der Waals surface area contributed by atoms with Crippen LogP contribution in [0.4, 0.5) is 0 Å². The van der Waals surface area contributed by atoms with Gasteiger partial charge in [-0.3, -0.25) is 9.48 Å². The van der Waals surface area contributed by atoms with E-state index < -0.39 is 0 Å². The minimum Gasteiger partial charge on any atom is -0.496 e. The molecule has 0 aliphatic rings. The van der Waals surface area contributed by atoms with Gasteiger partial charge in [0.05, 0.1) is 25.4 Å². The lowest BCUT2D eigenvalue weighted by Crippen LogP contribution is -2.30. The molecule has 0 radical (unpaired) electrons. The van der Waals surface area contributed by atoms with E-state index in [-0.39, 0.29) is 24.4 Å². The number of rotatable bonds is 9. The highest BCUT2D eigenvalue weighted by molar-refractivity contribution is 5.97. The van der Waals surface area contributed by atoms with E-state index in [2.05, 4.69) is 15.6 Å². The summed E-state index contributed by atoms with van der Waals surface area (Å²) in [4.78, 5) is 17.4. The Bertz CT molecular complexity index is 1110. The van der Waals surface area contributed by atoms with Crippen molar-refractivity contribution in [3.8, 4) is 5.75 Å². The number of hydrogen-bond donors (Lipinski definition) is 2. The molecule has 0 aliphatic heterocycles. The standard InChI is InChI=1S/C24H29N5O3/c1-16-12-17(2)29(27-16)14-19-8-7-9-20(13-19)24(25)28-32-15-23(30)26-18(3)21-10-5-6-11-22(21)31-4/h5-13,18H,14-15H2,1-4H3,(H2,25,28)(H,26,30). The molecule has 0 saturated carbocycles. The predicted octanol–water partition coefficient (Wildman–Crippen LogP) is 3.07. The number of oxime groups is 1. The first-order valence-electron chi connectivity index (χ1n) is 10.4. The topological polar surface area (TPSA) is 104 Å². The number of aromatic nitrogens is 2. The average molecular weight is 436 g/mol. The maximum Gasteiger partial charge on any atom is 0.261 e. The highest BCUT2D eigenvalue weighted by Crippen LogP contribution is 2.24. The summed E-state index contributed by atoms with van der Waals surface area (Å²) >= 11 is 0. The molecule has 32 heavy (non-hydrogen) atoms. The molecule has 0 aliphatic carbocycles. The SMILES string of the molecule is COc1ccccc1C(C)NC(=O)CO/N=C(\N)c1cccc(Cn2nc(C)cc2C)c1. The van der Waals surface area contributed by atoms with Gasteiger partial charge in [0.15, 0.2) is 12.4 Å². The van der Waals surface area contributed by atoms with Crippen molar-refractivity contribution in [1.29, 1.82) is 0 Å². The van der Waals surface area contributed by atoms with E-state index in [0.717, 1.165) is 22.5 Å². The van der Waals surface area contributed by atoms with Crippen molar-refractivity contribution in [3.05, 3.63) is 82.7 Å². The average Bonchev–Trinajstić information content (AvgIpc) is 3.10. The molecule has 3 aromatic rings. The Kier molecular flexibility index (Phi) is 7.49. The van der Waals surface area contributed by atoms with Crippen LogP contribution in [0.15, 0.2) is 59.8 Å². The van der Waals surface area contributed by atoms with Crippen LogP contribution in [0, 0.1) is 13.8 Å². The highest BCUT2D eigenvalue weighted by Gasteiger charge is 2.14. The van der Waals surface area contributed by atoms with Gasteiger partial charge in [0.2, 0.25) is 0 Å². The van der Waals surface area contributed by atoms with Gasteiger partial charge in [-0.05, 0) is 44.5 Å². The van der Waals surface area contributed by atoms with Crippen LogP contribution in [-0.4, -0.2) is 35.2 Å². The molecule has 1 amide bonds. The molecule has 1 atom stereocenters. The van der Waals surface area contributed by atoms with E-state index in [4.69, 9.17) is 15.3 Å². The van der Waals surface area contributed by atoms with Crippen molar-refractivity contribution in [2.45, 2.75) is 33.4 Å². The van der Waals surface area contributed by atoms with E-state index >= 15 is 0 Å². The molecule has 0 bridgehead atoms. The number of amides is 1. The largest absolute Gasteiger partial charge is 0.496 e. The van der Waals surface area contributed by atoms with Crippen molar-refractivity contribution in [2.24, 2.45) is 10.9 Å². The van der Waals surface area contributed by atoms with Crippen molar-refractivity contribution in [1.82, 2.24) is 15.1 Å². The van der Waals surface area contributed by atoms with Crippen LogP contribution in [0.1, 0.15) is 41.0 Å². The van der Waals surface area contributed by atoms with Gasteiger partial charge >= 0.3 is 0 Å². The number of nitrogens with one attached hydrogen (secondary N) is 1. The number of carbonyl (C=O) groups is 1. The fraction of sp³-hybridized carbons (Fsp3) is 0.292. The molecule has 1 heterocycles. The van der Waals surface area contributed by atoms with Crippen LogP contribution in [0.3, 0.4) is 0 Å². The number of nitrogens with zero attached hydrogens (tertiary/aromatic N) is 3. The summed E-state index contributed by atoms with van der Waals surface area (Å²) in [5.74, 6) is 0.605. The molecule has 8 heteroatoms. The van der Waals surface area contributed by atoms with Crippen molar-refractivity contribution in [2.75, 3.05) is 13.7 Å². The summed E-state index contributed by atoms with van der Waals surface area (Å²) in [5, 5.41) is 11.3. The van der Waals surface area contributed by atoms with Crippen LogP contribution in [0.5, 0.6) is 5.75 Å². The number of methoxy groups -OCH3 is 1. The molecule has 2 aromatic carbocycles. The van der Waals surface area contributed by atoms with E-state index in [1.165, 1.54) is 0 Å². The summed E-state index contributed by atoms with van der Waals surface area (Å²) in [5.41, 5.74) is 10.8. The van der Waals surface area contributed by atoms with Gasteiger partial charge < -0.3 is 20.6 Å². The second-order valence-corrected chi connectivity index (χ2v) is 7.57. The number of ether oxygens (including phenoxy) is 1. The van der Waals surface area contributed by atoms with Gasteiger partial charge in [0.25, 0.3) is 5.91 Å². The lowest BCUT2D eigenvalue weighted by molar-refractivity contribution is -0.126. The second kappa shape index (κ2) is 10.5. The fourth-order valence-corrected chi connectivity index (χ4v) is 3.44. The molecule has 3 rings (SSSR count). The molecule has 3 N–H and O–H groups in total. The maximum absolute atomic E-state index is 12.2. The third-order valence-corrected chi connectivity index (χ3v) is 5.00. The highest BCUT2D eigenvalue weighted by atomic mass is 16.6. The lowest BCUT2D eigenvalue weighted by Gasteiger charge is -2.16. The summed E-state index contributed by atoms with van der Waals surface area (Å²) in [6.45, 7) is 6.25. The minimum absolute atomic E-state index is 0.200. The van der Waals surface area contributed by atoms with E-state index in [0.29, 0.717) is 17.9 Å². The molecule has 1 unspecified atom stereocenters. The minimum atomic E-state index is -0.307. The second-order valence-electron chi connectivity index (χ2n) is 7.57. The Labute approximate surface area is 188 Å². The Morgan fingerprint density at radius 1 is 1.19 bits per heavy atom. The van der Waals surface area contributed by atoms with Crippen molar-refractivity contribution >= 4 is 11.7 Å². The van der Waals surface area contributed by atoms with Gasteiger partial charge in [-0.25, -0.2) is 0 Å². The Hall–Kier alpha value is -3.81. The molecule has 0 fully saturated rings. The molecule has 0 saturated heterocycles. The molecule has 0 spiro atoms. The van der Waals surface area contributed by atoms with Gasteiger partial charge in [0, 0.05) is 16.8 Å². The number of nitrogens with two attached hydrogens (primary N) is 1. The van der Waals surface area contributed by atoms with Gasteiger partial charge in [-0.1, -0.05) is 41.6 Å². The number of amidine groups is 1. The normalized spacial score (nSPS) is 12.3. The van der Waals surface area contributed by atoms with Gasteiger partial charge in [0.1, 0.15) is 5.75 Å². The van der Waals surface area contributed by atoms with E-state index in [9.17, 15) is 4.79 Å². The van der Waals surface area contributed by atoms with Crippen LogP contribution in [0.2, 0.25) is 0 Å². The van der Waals surface area contributed by atoms with Gasteiger partial charge in [-0.15, -0.1) is 0 Å². The van der Waals surface area contributed by atoms with Crippen LogP contribution < -0.4 is 15.8 Å². The monoisotopic (exact) mass is 435 g/mol. The molecule has 168 valence electrons. The number of para-hydroxylation sites is 1. The van der Waals surface area contributed by atoms with E-state index in [1.807, 2.05) is 80.1 Å². The quantitative estimate of drug-likeness (QED) is 0.305. The van der Waals surface area contributed by atoms with Crippen molar-refractivity contribution < 1.29 is 14.4 Å². The summed E-state index contributed by atoms with van der Waals surface area (Å²) in [6, 6.07) is 17.0. The zero-order valence-corrected chi connectivity index (χ0v) is 18.8. The summed E-state index contributed by atoms with van der Waals surface area (Å²) in [7, 11) is 1.60. The third-order valence-electron chi connectivity index (χ3n) is 5.00. The first-order valence-corrected chi connectivity index (χ1v) is 10.4. The molecule has 1 aromatic heterocycles. The van der Waals surface area contributed by atoms with Crippen LogP contribution >= 0.6 is 0 Å². The first-order chi connectivity index (χ1) is 15.4. The fourth-order valence-electron chi connectivity index (χ4n) is 3.44. The lowest BCUT2D eigenvalue weighted by atomic mass is 10.1. The Morgan fingerprint density at radius 3 is 2.69 bits per heavy atom.